The van der Waals surface area contributed by atoms with Crippen LogP contribution in [0.15, 0.2) is 36.5 Å². The Morgan fingerprint density at radius 1 is 1.40 bits per heavy atom. The number of esters is 1. The summed E-state index contributed by atoms with van der Waals surface area (Å²) in [5.74, 6) is -0.713. The molecule has 0 radical (unpaired) electrons. The fourth-order valence-corrected chi connectivity index (χ4v) is 1.57. The number of hydrogen-bond donors (Lipinski definition) is 0. The lowest BCUT2D eigenvalue weighted by molar-refractivity contribution is -0.401. The third kappa shape index (κ3) is 2.69. The standard InChI is InChI=1S/C12H10N4O4/c1-20-12(17)11-10(7-8-15(18)19)16(14-13-11)9-5-3-2-4-6-9/h2-8H,1H3/b8-7+. The van der Waals surface area contributed by atoms with Crippen LogP contribution < -0.4 is 0 Å². The number of ether oxygens (including phenoxy) is 1. The SMILES string of the molecule is COC(=O)c1nnn(-c2ccccc2)c1/C=C/[N+](=O)[O-]. The largest absolute Gasteiger partial charge is 0.464 e. The maximum absolute atomic E-state index is 11.6. The monoisotopic (exact) mass is 274 g/mol. The van der Waals surface area contributed by atoms with E-state index in [4.69, 9.17) is 0 Å². The summed E-state index contributed by atoms with van der Waals surface area (Å²) in [6.07, 6.45) is 1.86. The number of rotatable bonds is 4. The van der Waals surface area contributed by atoms with Crippen LogP contribution in [0.25, 0.3) is 11.8 Å². The minimum absolute atomic E-state index is 0.0885. The summed E-state index contributed by atoms with van der Waals surface area (Å²) in [4.78, 5) is 21.4. The topological polar surface area (TPSA) is 100 Å². The first-order valence-electron chi connectivity index (χ1n) is 5.54. The zero-order valence-corrected chi connectivity index (χ0v) is 10.5. The number of nitrogens with zero attached hydrogens (tertiary/aromatic N) is 4. The van der Waals surface area contributed by atoms with E-state index < -0.39 is 10.9 Å². The molecule has 2 rings (SSSR count). The second kappa shape index (κ2) is 5.74. The van der Waals surface area contributed by atoms with Gasteiger partial charge in [0.2, 0.25) is 6.20 Å². The molecular formula is C12H10N4O4. The van der Waals surface area contributed by atoms with Crippen molar-refractivity contribution in [3.63, 3.8) is 0 Å². The summed E-state index contributed by atoms with van der Waals surface area (Å²) in [5.41, 5.74) is 0.715. The van der Waals surface area contributed by atoms with Crippen LogP contribution in [0.4, 0.5) is 0 Å². The van der Waals surface area contributed by atoms with Crippen LogP contribution >= 0.6 is 0 Å². The number of nitro groups is 1. The molecule has 0 spiro atoms. The second-order valence-corrected chi connectivity index (χ2v) is 3.66. The molecule has 0 bridgehead atoms. The zero-order chi connectivity index (χ0) is 14.5. The van der Waals surface area contributed by atoms with Crippen molar-refractivity contribution >= 4 is 12.0 Å². The summed E-state index contributed by atoms with van der Waals surface area (Å²) < 4.78 is 5.90. The first kappa shape index (κ1) is 13.4. The Morgan fingerprint density at radius 2 is 2.10 bits per heavy atom. The lowest BCUT2D eigenvalue weighted by atomic mass is 10.2. The predicted molar refractivity (Wildman–Crippen MR) is 68.7 cm³/mol. The third-order valence-electron chi connectivity index (χ3n) is 2.44. The van der Waals surface area contributed by atoms with Gasteiger partial charge in [0.05, 0.1) is 17.7 Å². The molecule has 0 atom stereocenters. The van der Waals surface area contributed by atoms with Crippen molar-refractivity contribution in [1.29, 1.82) is 0 Å². The van der Waals surface area contributed by atoms with Gasteiger partial charge < -0.3 is 4.74 Å². The number of aromatic nitrogens is 3. The Balaban J connectivity index is 2.55. The molecule has 20 heavy (non-hydrogen) atoms. The molecule has 0 unspecified atom stereocenters. The Kier molecular flexibility index (Phi) is 3.85. The van der Waals surface area contributed by atoms with E-state index in [-0.39, 0.29) is 11.4 Å². The lowest BCUT2D eigenvalue weighted by Crippen LogP contribution is -2.06. The molecule has 8 nitrogen and oxygen atoms in total. The average molecular weight is 274 g/mol. The van der Waals surface area contributed by atoms with Crippen LogP contribution in [0, 0.1) is 10.1 Å². The Morgan fingerprint density at radius 3 is 2.70 bits per heavy atom. The van der Waals surface area contributed by atoms with Gasteiger partial charge in [0, 0.05) is 6.08 Å². The normalized spacial score (nSPS) is 10.7. The van der Waals surface area contributed by atoms with Gasteiger partial charge in [-0.1, -0.05) is 23.4 Å². The first-order chi connectivity index (χ1) is 9.63. The van der Waals surface area contributed by atoms with E-state index in [1.54, 1.807) is 24.3 Å². The first-order valence-corrected chi connectivity index (χ1v) is 5.54. The fourth-order valence-electron chi connectivity index (χ4n) is 1.57. The van der Waals surface area contributed by atoms with Crippen molar-refractivity contribution < 1.29 is 14.5 Å². The maximum atomic E-state index is 11.6. The van der Waals surface area contributed by atoms with Gasteiger partial charge in [0.25, 0.3) is 0 Å². The minimum Gasteiger partial charge on any atom is -0.464 e. The summed E-state index contributed by atoms with van der Waals surface area (Å²) in [6, 6.07) is 8.83. The highest BCUT2D eigenvalue weighted by Gasteiger charge is 2.20. The molecule has 0 aliphatic heterocycles. The van der Waals surface area contributed by atoms with Crippen LogP contribution in [0.1, 0.15) is 16.2 Å². The number of benzene rings is 1. The molecule has 1 heterocycles. The van der Waals surface area contributed by atoms with E-state index in [9.17, 15) is 14.9 Å². The molecule has 0 saturated carbocycles. The predicted octanol–water partition coefficient (Wildman–Crippen LogP) is 1.30. The van der Waals surface area contributed by atoms with Crippen molar-refractivity contribution in [2.75, 3.05) is 7.11 Å². The minimum atomic E-state index is -0.713. The Hall–Kier alpha value is -3.03. The van der Waals surface area contributed by atoms with Crippen LogP contribution in [-0.4, -0.2) is 33.0 Å². The molecule has 102 valence electrons. The number of para-hydroxylation sites is 1. The van der Waals surface area contributed by atoms with E-state index in [0.717, 1.165) is 6.08 Å². The molecule has 0 aliphatic carbocycles. The van der Waals surface area contributed by atoms with Crippen molar-refractivity contribution in [2.24, 2.45) is 0 Å². The van der Waals surface area contributed by atoms with Crippen molar-refractivity contribution in [3.05, 3.63) is 58.0 Å². The summed E-state index contributed by atoms with van der Waals surface area (Å²) in [6.45, 7) is 0. The highest BCUT2D eigenvalue weighted by Crippen LogP contribution is 2.15. The molecule has 0 saturated heterocycles. The van der Waals surface area contributed by atoms with Crippen LogP contribution in [0.3, 0.4) is 0 Å². The molecule has 0 aliphatic rings. The number of carbonyl (C=O) groups excluding carboxylic acids is 1. The van der Waals surface area contributed by atoms with Crippen molar-refractivity contribution in [3.8, 4) is 5.69 Å². The quantitative estimate of drug-likeness (QED) is 0.473. The Labute approximate surface area is 113 Å². The molecule has 8 heteroatoms. The average Bonchev–Trinajstić information content (AvgIpc) is 2.89. The maximum Gasteiger partial charge on any atom is 0.360 e. The second-order valence-electron chi connectivity index (χ2n) is 3.66. The molecular weight excluding hydrogens is 264 g/mol. The van der Waals surface area contributed by atoms with Crippen molar-refractivity contribution in [1.82, 2.24) is 15.0 Å². The van der Waals surface area contributed by atoms with E-state index >= 15 is 0 Å². The van der Waals surface area contributed by atoms with E-state index in [2.05, 4.69) is 15.0 Å². The van der Waals surface area contributed by atoms with Gasteiger partial charge in [-0.15, -0.1) is 5.10 Å². The van der Waals surface area contributed by atoms with E-state index in [0.29, 0.717) is 11.9 Å². The molecule has 1 aromatic heterocycles. The third-order valence-corrected chi connectivity index (χ3v) is 2.44. The summed E-state index contributed by atoms with van der Waals surface area (Å²) in [7, 11) is 1.20. The summed E-state index contributed by atoms with van der Waals surface area (Å²) >= 11 is 0. The highest BCUT2D eigenvalue weighted by molar-refractivity contribution is 5.90. The zero-order valence-electron chi connectivity index (χ0n) is 10.5. The van der Waals surface area contributed by atoms with Gasteiger partial charge in [-0.05, 0) is 12.1 Å². The van der Waals surface area contributed by atoms with E-state index in [1.165, 1.54) is 11.8 Å². The van der Waals surface area contributed by atoms with E-state index in [1.807, 2.05) is 6.07 Å². The smallest absolute Gasteiger partial charge is 0.360 e. The van der Waals surface area contributed by atoms with Gasteiger partial charge >= 0.3 is 5.97 Å². The number of carbonyl (C=O) groups is 1. The van der Waals surface area contributed by atoms with Crippen LogP contribution in [0.2, 0.25) is 0 Å². The van der Waals surface area contributed by atoms with Crippen LogP contribution in [0.5, 0.6) is 0 Å². The molecule has 0 amide bonds. The van der Waals surface area contributed by atoms with Crippen LogP contribution in [-0.2, 0) is 4.74 Å². The van der Waals surface area contributed by atoms with Gasteiger partial charge in [-0.3, -0.25) is 10.1 Å². The lowest BCUT2D eigenvalue weighted by Gasteiger charge is -2.02. The molecule has 0 fully saturated rings. The molecule has 1 aromatic carbocycles. The summed E-state index contributed by atoms with van der Waals surface area (Å²) in [5, 5.41) is 18.0. The number of methoxy groups -OCH3 is 1. The van der Waals surface area contributed by atoms with Gasteiger partial charge in [-0.25, -0.2) is 9.48 Å². The Bertz CT molecular complexity index is 663. The van der Waals surface area contributed by atoms with Gasteiger partial charge in [0.1, 0.15) is 5.69 Å². The van der Waals surface area contributed by atoms with Gasteiger partial charge in [-0.2, -0.15) is 0 Å². The van der Waals surface area contributed by atoms with Crippen molar-refractivity contribution in [2.45, 2.75) is 0 Å². The molecule has 0 N–H and O–H groups in total. The number of hydrogen-bond acceptors (Lipinski definition) is 6. The fraction of sp³-hybridized carbons (Fsp3) is 0.0833. The molecule has 2 aromatic rings. The highest BCUT2D eigenvalue weighted by atomic mass is 16.6. The van der Waals surface area contributed by atoms with Gasteiger partial charge in [0.15, 0.2) is 5.69 Å².